The molecule has 3 aromatic rings. The van der Waals surface area contributed by atoms with E-state index in [1.54, 1.807) is 30.5 Å². The molecular weight excluding hydrogens is 362 g/mol. The van der Waals surface area contributed by atoms with E-state index in [-0.39, 0.29) is 5.91 Å². The van der Waals surface area contributed by atoms with Gasteiger partial charge in [-0.05, 0) is 62.4 Å². The van der Waals surface area contributed by atoms with Crippen molar-refractivity contribution in [3.8, 4) is 6.07 Å². The summed E-state index contributed by atoms with van der Waals surface area (Å²) in [5, 5.41) is 15.1. The van der Waals surface area contributed by atoms with Crippen molar-refractivity contribution in [2.24, 2.45) is 0 Å². The van der Waals surface area contributed by atoms with E-state index >= 15 is 0 Å². The van der Waals surface area contributed by atoms with E-state index in [0.29, 0.717) is 16.8 Å². The monoisotopic (exact) mass is 385 g/mol. The van der Waals surface area contributed by atoms with Crippen molar-refractivity contribution in [2.45, 2.75) is 13.8 Å². The lowest BCUT2D eigenvalue weighted by molar-refractivity contribution is 0.102. The Morgan fingerprint density at radius 1 is 1.00 bits per heavy atom. The minimum Gasteiger partial charge on any atom is -0.372 e. The average Bonchev–Trinajstić information content (AvgIpc) is 2.76. The van der Waals surface area contributed by atoms with Crippen LogP contribution in [0.4, 0.5) is 22.7 Å². The number of nitrogens with zero attached hydrogens (tertiary/aromatic N) is 3. The van der Waals surface area contributed by atoms with E-state index in [2.05, 4.69) is 40.4 Å². The summed E-state index contributed by atoms with van der Waals surface area (Å²) in [6.07, 6.45) is 3.16. The van der Waals surface area contributed by atoms with Crippen LogP contribution in [0.25, 0.3) is 0 Å². The van der Waals surface area contributed by atoms with Gasteiger partial charge in [0.25, 0.3) is 5.91 Å². The lowest BCUT2D eigenvalue weighted by Crippen LogP contribution is -2.21. The molecule has 0 saturated heterocycles. The highest BCUT2D eigenvalue weighted by atomic mass is 16.1. The van der Waals surface area contributed by atoms with Gasteiger partial charge in [-0.3, -0.25) is 9.78 Å². The summed E-state index contributed by atoms with van der Waals surface area (Å²) in [5.41, 5.74) is 4.29. The van der Waals surface area contributed by atoms with Crippen LogP contribution in [0.3, 0.4) is 0 Å². The Bertz CT molecular complexity index is 1020. The standard InChI is InChI=1S/C23H23N5O/c1-3-28(4-2)22-10-8-19(9-11-22)27-23(29)18-13-21(16-25-15-18)26-20-7-5-6-17(12-20)14-24/h5-13,15-16,26H,3-4H2,1-2H3,(H,27,29). The van der Waals surface area contributed by atoms with E-state index in [0.717, 1.165) is 30.2 Å². The third kappa shape index (κ3) is 5.11. The Kier molecular flexibility index (Phi) is 6.43. The third-order valence-electron chi connectivity index (χ3n) is 4.53. The maximum atomic E-state index is 12.6. The predicted molar refractivity (Wildman–Crippen MR) is 117 cm³/mol. The van der Waals surface area contributed by atoms with Crippen molar-refractivity contribution >= 4 is 28.7 Å². The molecule has 146 valence electrons. The second-order valence-electron chi connectivity index (χ2n) is 6.45. The van der Waals surface area contributed by atoms with Gasteiger partial charge >= 0.3 is 0 Å². The van der Waals surface area contributed by atoms with Crippen LogP contribution in [0.5, 0.6) is 0 Å². The highest BCUT2D eigenvalue weighted by Crippen LogP contribution is 2.20. The molecule has 0 aliphatic carbocycles. The molecular formula is C23H23N5O. The van der Waals surface area contributed by atoms with Gasteiger partial charge in [-0.1, -0.05) is 6.07 Å². The summed E-state index contributed by atoms with van der Waals surface area (Å²) in [6, 6.07) is 18.8. The first kappa shape index (κ1) is 19.9. The molecule has 0 unspecified atom stereocenters. The van der Waals surface area contributed by atoms with Gasteiger partial charge in [-0.25, -0.2) is 0 Å². The van der Waals surface area contributed by atoms with Crippen molar-refractivity contribution in [3.63, 3.8) is 0 Å². The number of benzene rings is 2. The summed E-state index contributed by atoms with van der Waals surface area (Å²) in [4.78, 5) is 19.0. The number of hydrogen-bond acceptors (Lipinski definition) is 5. The van der Waals surface area contributed by atoms with Crippen LogP contribution in [-0.2, 0) is 0 Å². The van der Waals surface area contributed by atoms with Gasteiger partial charge in [-0.2, -0.15) is 5.26 Å². The average molecular weight is 385 g/mol. The van der Waals surface area contributed by atoms with Crippen LogP contribution < -0.4 is 15.5 Å². The van der Waals surface area contributed by atoms with Crippen LogP contribution in [0.1, 0.15) is 29.8 Å². The molecule has 2 aromatic carbocycles. The van der Waals surface area contributed by atoms with Gasteiger partial charge < -0.3 is 15.5 Å². The Morgan fingerprint density at radius 3 is 2.45 bits per heavy atom. The number of pyridine rings is 1. The van der Waals surface area contributed by atoms with E-state index in [1.165, 1.54) is 6.20 Å². The summed E-state index contributed by atoms with van der Waals surface area (Å²) in [7, 11) is 0. The quantitative estimate of drug-likeness (QED) is 0.611. The molecule has 0 fully saturated rings. The largest absolute Gasteiger partial charge is 0.372 e. The molecule has 6 nitrogen and oxygen atoms in total. The summed E-state index contributed by atoms with van der Waals surface area (Å²) in [5.74, 6) is -0.234. The number of rotatable bonds is 7. The molecule has 29 heavy (non-hydrogen) atoms. The normalized spacial score (nSPS) is 10.1. The van der Waals surface area contributed by atoms with Crippen LogP contribution >= 0.6 is 0 Å². The number of nitriles is 1. The molecule has 0 saturated carbocycles. The van der Waals surface area contributed by atoms with Gasteiger partial charge in [0, 0.05) is 36.3 Å². The maximum Gasteiger partial charge on any atom is 0.257 e. The highest BCUT2D eigenvalue weighted by molar-refractivity contribution is 6.04. The molecule has 3 rings (SSSR count). The fraction of sp³-hybridized carbons (Fsp3) is 0.174. The Morgan fingerprint density at radius 2 is 1.76 bits per heavy atom. The SMILES string of the molecule is CCN(CC)c1ccc(NC(=O)c2cncc(Nc3cccc(C#N)c3)c2)cc1. The zero-order valence-corrected chi connectivity index (χ0v) is 16.5. The summed E-state index contributed by atoms with van der Waals surface area (Å²) < 4.78 is 0. The third-order valence-corrected chi connectivity index (χ3v) is 4.53. The van der Waals surface area contributed by atoms with Crippen molar-refractivity contribution in [1.29, 1.82) is 5.26 Å². The van der Waals surface area contributed by atoms with Crippen LogP contribution in [0, 0.1) is 11.3 Å². The molecule has 0 spiro atoms. The molecule has 1 aromatic heterocycles. The fourth-order valence-corrected chi connectivity index (χ4v) is 3.01. The van der Waals surface area contributed by atoms with Crippen LogP contribution in [-0.4, -0.2) is 24.0 Å². The van der Waals surface area contributed by atoms with Crippen molar-refractivity contribution in [3.05, 3.63) is 78.1 Å². The molecule has 0 aliphatic heterocycles. The van der Waals surface area contributed by atoms with E-state index in [4.69, 9.17) is 5.26 Å². The second-order valence-corrected chi connectivity index (χ2v) is 6.45. The number of aromatic nitrogens is 1. The van der Waals surface area contributed by atoms with Crippen molar-refractivity contribution in [2.75, 3.05) is 28.6 Å². The first-order valence-electron chi connectivity index (χ1n) is 9.51. The van der Waals surface area contributed by atoms with E-state index in [9.17, 15) is 4.79 Å². The van der Waals surface area contributed by atoms with Gasteiger partial charge in [0.05, 0.1) is 29.1 Å². The lowest BCUT2D eigenvalue weighted by Gasteiger charge is -2.21. The molecule has 2 N–H and O–H groups in total. The van der Waals surface area contributed by atoms with Gasteiger partial charge in [0.15, 0.2) is 0 Å². The lowest BCUT2D eigenvalue weighted by atomic mass is 10.2. The smallest absolute Gasteiger partial charge is 0.257 e. The minimum absolute atomic E-state index is 0.234. The summed E-state index contributed by atoms with van der Waals surface area (Å²) in [6.45, 7) is 6.10. The maximum absolute atomic E-state index is 12.6. The first-order valence-corrected chi connectivity index (χ1v) is 9.51. The van der Waals surface area contributed by atoms with Gasteiger partial charge in [0.2, 0.25) is 0 Å². The van der Waals surface area contributed by atoms with Crippen LogP contribution in [0.15, 0.2) is 67.0 Å². The molecule has 1 amide bonds. The Balaban J connectivity index is 1.70. The number of anilines is 4. The van der Waals surface area contributed by atoms with Crippen LogP contribution in [0.2, 0.25) is 0 Å². The first-order chi connectivity index (χ1) is 14.1. The fourth-order valence-electron chi connectivity index (χ4n) is 3.01. The molecule has 6 heteroatoms. The molecule has 0 atom stereocenters. The number of carbonyl (C=O) groups excluding carboxylic acids is 1. The van der Waals surface area contributed by atoms with Gasteiger partial charge in [0.1, 0.15) is 0 Å². The predicted octanol–water partition coefficient (Wildman–Crippen LogP) is 4.80. The molecule has 0 bridgehead atoms. The number of carbonyl (C=O) groups is 1. The van der Waals surface area contributed by atoms with Gasteiger partial charge in [-0.15, -0.1) is 0 Å². The second kappa shape index (κ2) is 9.38. The topological polar surface area (TPSA) is 81.1 Å². The minimum atomic E-state index is -0.234. The number of hydrogen-bond donors (Lipinski definition) is 2. The summed E-state index contributed by atoms with van der Waals surface area (Å²) >= 11 is 0. The number of amides is 1. The van der Waals surface area contributed by atoms with Crippen molar-refractivity contribution < 1.29 is 4.79 Å². The highest BCUT2D eigenvalue weighted by Gasteiger charge is 2.09. The molecule has 0 aliphatic rings. The molecule has 1 heterocycles. The zero-order valence-electron chi connectivity index (χ0n) is 16.5. The zero-order chi connectivity index (χ0) is 20.6. The van der Waals surface area contributed by atoms with E-state index < -0.39 is 0 Å². The Hall–Kier alpha value is -3.85. The van der Waals surface area contributed by atoms with Crippen molar-refractivity contribution in [1.82, 2.24) is 4.98 Å². The molecule has 0 radical (unpaired) electrons. The number of nitrogens with one attached hydrogen (secondary N) is 2. The van der Waals surface area contributed by atoms with E-state index in [1.807, 2.05) is 30.3 Å². The Labute approximate surface area is 170 Å².